The molecule has 0 aliphatic heterocycles. The maximum absolute atomic E-state index is 3.07. The van der Waals surface area contributed by atoms with Gasteiger partial charge in [-0.3, -0.25) is 0 Å². The molecule has 0 saturated carbocycles. The Morgan fingerprint density at radius 2 is 1.80 bits per heavy atom. The summed E-state index contributed by atoms with van der Waals surface area (Å²) in [5.41, 5.74) is 1.03. The van der Waals surface area contributed by atoms with Gasteiger partial charge in [0.05, 0.1) is 0 Å². The summed E-state index contributed by atoms with van der Waals surface area (Å²) in [6.07, 6.45) is 4.67. The second kappa shape index (κ2) is 7.72. The van der Waals surface area contributed by atoms with E-state index in [2.05, 4.69) is 30.6 Å². The van der Waals surface area contributed by atoms with Crippen LogP contribution in [0.3, 0.4) is 0 Å². The Morgan fingerprint density at radius 1 is 1.00 bits per heavy atom. The van der Waals surface area contributed by atoms with Gasteiger partial charge in [-0.05, 0) is 30.4 Å². The minimum absolute atomic E-state index is 0.970. The van der Waals surface area contributed by atoms with E-state index in [-0.39, 0.29) is 0 Å². The van der Waals surface area contributed by atoms with Gasteiger partial charge in [0.1, 0.15) is 0 Å². The first-order chi connectivity index (χ1) is 7.43. The van der Waals surface area contributed by atoms with E-state index in [4.69, 9.17) is 0 Å². The Balaban J connectivity index is 2.33. The van der Waals surface area contributed by atoms with E-state index in [0.29, 0.717) is 0 Å². The van der Waals surface area contributed by atoms with Crippen LogP contribution in [0.5, 0.6) is 0 Å². The maximum Gasteiger partial charge on any atom is 0.0255 e. The number of benzene rings is 1. The molecule has 0 aliphatic carbocycles. The highest BCUT2D eigenvalue weighted by Crippen LogP contribution is 1.96. The van der Waals surface area contributed by atoms with E-state index < -0.39 is 0 Å². The minimum Gasteiger partial charge on any atom is -0.0891 e. The average Bonchev–Trinajstić information content (AvgIpc) is 2.29. The SMILES string of the molecule is CCCCCC#CC#Cc1ccccc1. The largest absolute Gasteiger partial charge is 0.0891 e. The van der Waals surface area contributed by atoms with Gasteiger partial charge in [0, 0.05) is 12.0 Å². The van der Waals surface area contributed by atoms with E-state index in [9.17, 15) is 0 Å². The zero-order valence-corrected chi connectivity index (χ0v) is 9.22. The third-order valence-corrected chi connectivity index (χ3v) is 2.04. The smallest absolute Gasteiger partial charge is 0.0255 e. The molecule has 0 fully saturated rings. The predicted octanol–water partition coefficient (Wildman–Crippen LogP) is 3.62. The Kier molecular flexibility index (Phi) is 5.87. The van der Waals surface area contributed by atoms with Crippen LogP contribution in [0.25, 0.3) is 0 Å². The molecule has 0 unspecified atom stereocenters. The first-order valence-electron chi connectivity index (χ1n) is 5.47. The molecule has 0 saturated heterocycles. The van der Waals surface area contributed by atoms with Gasteiger partial charge in [0.2, 0.25) is 0 Å². The molecule has 0 amide bonds. The van der Waals surface area contributed by atoms with Crippen molar-refractivity contribution in [3.8, 4) is 23.7 Å². The van der Waals surface area contributed by atoms with Crippen LogP contribution in [-0.2, 0) is 0 Å². The minimum atomic E-state index is 0.970. The monoisotopic (exact) mass is 196 g/mol. The topological polar surface area (TPSA) is 0 Å². The molecule has 76 valence electrons. The molecule has 0 bridgehead atoms. The predicted molar refractivity (Wildman–Crippen MR) is 65.2 cm³/mol. The summed E-state index contributed by atoms with van der Waals surface area (Å²) >= 11 is 0. The average molecular weight is 196 g/mol. The van der Waals surface area contributed by atoms with Gasteiger partial charge in [0.15, 0.2) is 0 Å². The second-order valence-corrected chi connectivity index (χ2v) is 3.37. The molecule has 0 nitrogen and oxygen atoms in total. The quantitative estimate of drug-likeness (QED) is 0.511. The van der Waals surface area contributed by atoms with Gasteiger partial charge in [-0.25, -0.2) is 0 Å². The van der Waals surface area contributed by atoms with E-state index in [1.54, 1.807) is 0 Å². The summed E-state index contributed by atoms with van der Waals surface area (Å²) < 4.78 is 0. The zero-order chi connectivity index (χ0) is 10.8. The maximum atomic E-state index is 3.07. The van der Waals surface area contributed by atoms with Crippen molar-refractivity contribution < 1.29 is 0 Å². The van der Waals surface area contributed by atoms with Crippen molar-refractivity contribution in [1.29, 1.82) is 0 Å². The molecule has 1 rings (SSSR count). The molecule has 1 aromatic rings. The van der Waals surface area contributed by atoms with Crippen LogP contribution in [0.2, 0.25) is 0 Å². The summed E-state index contributed by atoms with van der Waals surface area (Å²) in [6, 6.07) is 9.94. The zero-order valence-electron chi connectivity index (χ0n) is 9.22. The fourth-order valence-corrected chi connectivity index (χ4v) is 1.19. The summed E-state index contributed by atoms with van der Waals surface area (Å²) in [5, 5.41) is 0. The first kappa shape index (κ1) is 11.4. The Bertz CT molecular complexity index is 379. The van der Waals surface area contributed by atoms with Crippen molar-refractivity contribution in [1.82, 2.24) is 0 Å². The van der Waals surface area contributed by atoms with Crippen LogP contribution in [0.1, 0.15) is 38.2 Å². The van der Waals surface area contributed by atoms with E-state index >= 15 is 0 Å². The van der Waals surface area contributed by atoms with Crippen LogP contribution >= 0.6 is 0 Å². The van der Waals surface area contributed by atoms with Gasteiger partial charge in [0.25, 0.3) is 0 Å². The number of unbranched alkanes of at least 4 members (excludes halogenated alkanes) is 3. The van der Waals surface area contributed by atoms with Crippen molar-refractivity contribution in [2.45, 2.75) is 32.6 Å². The highest BCUT2D eigenvalue weighted by atomic mass is 13.8. The Labute approximate surface area is 92.7 Å². The molecule has 0 spiro atoms. The van der Waals surface area contributed by atoms with E-state index in [0.717, 1.165) is 12.0 Å². The van der Waals surface area contributed by atoms with Crippen LogP contribution in [0, 0.1) is 23.7 Å². The first-order valence-corrected chi connectivity index (χ1v) is 5.47. The molecule has 15 heavy (non-hydrogen) atoms. The lowest BCUT2D eigenvalue weighted by Gasteiger charge is -1.87. The molecule has 0 heterocycles. The number of rotatable bonds is 3. The molecule has 0 heteroatoms. The number of hydrogen-bond donors (Lipinski definition) is 0. The summed E-state index contributed by atoms with van der Waals surface area (Å²) in [6.45, 7) is 2.20. The highest BCUT2D eigenvalue weighted by Gasteiger charge is 1.80. The van der Waals surface area contributed by atoms with Gasteiger partial charge in [-0.15, -0.1) is 0 Å². The molecule has 1 aromatic carbocycles. The van der Waals surface area contributed by atoms with Crippen molar-refractivity contribution in [2.75, 3.05) is 0 Å². The Morgan fingerprint density at radius 3 is 2.53 bits per heavy atom. The van der Waals surface area contributed by atoms with Crippen LogP contribution < -0.4 is 0 Å². The summed E-state index contributed by atoms with van der Waals surface area (Å²) in [7, 11) is 0. The van der Waals surface area contributed by atoms with Crippen LogP contribution in [0.4, 0.5) is 0 Å². The molecule has 0 aromatic heterocycles. The molecular formula is C15H16. The Hall–Kier alpha value is -1.66. The summed E-state index contributed by atoms with van der Waals surface area (Å²) in [4.78, 5) is 0. The van der Waals surface area contributed by atoms with Gasteiger partial charge < -0.3 is 0 Å². The van der Waals surface area contributed by atoms with Gasteiger partial charge in [-0.1, -0.05) is 49.8 Å². The van der Waals surface area contributed by atoms with Crippen LogP contribution in [0.15, 0.2) is 30.3 Å². The number of hydrogen-bond acceptors (Lipinski definition) is 0. The van der Waals surface area contributed by atoms with E-state index in [1.807, 2.05) is 30.3 Å². The second-order valence-electron chi connectivity index (χ2n) is 3.37. The molecule has 0 N–H and O–H groups in total. The van der Waals surface area contributed by atoms with Gasteiger partial charge in [-0.2, -0.15) is 0 Å². The third kappa shape index (κ3) is 5.61. The molecule has 0 aliphatic rings. The van der Waals surface area contributed by atoms with Crippen LogP contribution in [-0.4, -0.2) is 0 Å². The molecular weight excluding hydrogens is 180 g/mol. The molecule has 0 atom stereocenters. The van der Waals surface area contributed by atoms with Crippen molar-refractivity contribution in [3.63, 3.8) is 0 Å². The van der Waals surface area contributed by atoms with Crippen molar-refractivity contribution in [2.24, 2.45) is 0 Å². The highest BCUT2D eigenvalue weighted by molar-refractivity contribution is 5.39. The fourth-order valence-electron chi connectivity index (χ4n) is 1.19. The van der Waals surface area contributed by atoms with Crippen molar-refractivity contribution in [3.05, 3.63) is 35.9 Å². The van der Waals surface area contributed by atoms with E-state index in [1.165, 1.54) is 19.3 Å². The van der Waals surface area contributed by atoms with Crippen molar-refractivity contribution >= 4 is 0 Å². The lowest BCUT2D eigenvalue weighted by molar-refractivity contribution is 0.737. The lowest BCUT2D eigenvalue weighted by atomic mass is 10.2. The summed E-state index contributed by atoms with van der Waals surface area (Å²) in [5.74, 6) is 11.8. The lowest BCUT2D eigenvalue weighted by Crippen LogP contribution is -1.71. The fraction of sp³-hybridized carbons (Fsp3) is 0.333. The standard InChI is InChI=1S/C15H16/c1-2-3-4-5-6-7-9-12-15-13-10-8-11-14-15/h8,10-11,13-14H,2-5H2,1H3. The molecule has 0 radical (unpaired) electrons. The normalized spacial score (nSPS) is 8.33. The van der Waals surface area contributed by atoms with Gasteiger partial charge >= 0.3 is 0 Å². The third-order valence-electron chi connectivity index (χ3n) is 2.04.